The van der Waals surface area contributed by atoms with Gasteiger partial charge in [-0.15, -0.1) is 0 Å². The number of halogens is 1. The Morgan fingerprint density at radius 1 is 1.55 bits per heavy atom. The number of benzene rings is 1. The third-order valence-corrected chi connectivity index (χ3v) is 2.99. The van der Waals surface area contributed by atoms with Gasteiger partial charge in [0, 0.05) is 6.54 Å². The molecule has 1 unspecified atom stereocenters. The van der Waals surface area contributed by atoms with E-state index in [4.69, 9.17) is 5.84 Å². The molecule has 1 amide bonds. The largest absolute Gasteiger partial charge is 0.352 e. The summed E-state index contributed by atoms with van der Waals surface area (Å²) in [5.74, 6) is 3.82. The summed E-state index contributed by atoms with van der Waals surface area (Å²) in [6.07, 6.45) is 0.862. The van der Waals surface area contributed by atoms with Crippen molar-refractivity contribution in [2.75, 3.05) is 12.0 Å². The zero-order valence-corrected chi connectivity index (χ0v) is 11.3. The molecule has 0 aliphatic carbocycles. The maximum absolute atomic E-state index is 13.4. The van der Waals surface area contributed by atoms with Crippen LogP contribution in [0.15, 0.2) is 12.1 Å². The van der Waals surface area contributed by atoms with Crippen LogP contribution in [0.3, 0.4) is 0 Å². The number of anilines is 1. The Morgan fingerprint density at radius 2 is 2.20 bits per heavy atom. The van der Waals surface area contributed by atoms with Crippen LogP contribution in [0.25, 0.3) is 0 Å². The molecule has 0 saturated heterocycles. The molecule has 0 spiro atoms. The van der Waals surface area contributed by atoms with Crippen molar-refractivity contribution in [3.63, 3.8) is 0 Å². The number of hydrazine groups is 1. The molecule has 0 fully saturated rings. The Morgan fingerprint density at radius 3 is 2.70 bits per heavy atom. The number of amides is 1. The molecule has 0 radical (unpaired) electrons. The zero-order chi connectivity index (χ0) is 15.3. The van der Waals surface area contributed by atoms with Crippen molar-refractivity contribution in [2.45, 2.75) is 20.3 Å². The van der Waals surface area contributed by atoms with Crippen molar-refractivity contribution < 1.29 is 14.1 Å². The molecule has 7 nitrogen and oxygen atoms in total. The predicted octanol–water partition coefficient (Wildman–Crippen LogP) is 1.80. The van der Waals surface area contributed by atoms with Gasteiger partial charge in [-0.2, -0.15) is 0 Å². The monoisotopic (exact) mass is 284 g/mol. The van der Waals surface area contributed by atoms with Gasteiger partial charge in [-0.3, -0.25) is 20.8 Å². The lowest BCUT2D eigenvalue weighted by molar-refractivity contribution is -0.385. The van der Waals surface area contributed by atoms with Crippen molar-refractivity contribution >= 4 is 17.3 Å². The molecule has 0 saturated carbocycles. The average Bonchev–Trinajstić information content (AvgIpc) is 2.43. The van der Waals surface area contributed by atoms with Crippen LogP contribution < -0.4 is 16.6 Å². The van der Waals surface area contributed by atoms with E-state index in [0.717, 1.165) is 12.5 Å². The van der Waals surface area contributed by atoms with Gasteiger partial charge >= 0.3 is 0 Å². The lowest BCUT2D eigenvalue weighted by atomic mass is 10.1. The smallest absolute Gasteiger partial charge is 0.285 e. The van der Waals surface area contributed by atoms with Crippen LogP contribution in [0.5, 0.6) is 0 Å². The molecule has 4 N–H and O–H groups in total. The first-order chi connectivity index (χ1) is 9.40. The number of nitro groups is 1. The highest BCUT2D eigenvalue weighted by atomic mass is 19.1. The number of carbonyl (C=O) groups excluding carboxylic acids is 1. The summed E-state index contributed by atoms with van der Waals surface area (Å²) < 4.78 is 13.4. The maximum atomic E-state index is 13.4. The van der Waals surface area contributed by atoms with Crippen LogP contribution in [0, 0.1) is 21.8 Å². The minimum Gasteiger partial charge on any atom is -0.352 e. The Kier molecular flexibility index (Phi) is 5.39. The van der Waals surface area contributed by atoms with Crippen molar-refractivity contribution in [3.05, 3.63) is 33.6 Å². The number of hydrogen-bond donors (Lipinski definition) is 3. The summed E-state index contributed by atoms with van der Waals surface area (Å²) in [4.78, 5) is 22.0. The first-order valence-corrected chi connectivity index (χ1v) is 6.13. The van der Waals surface area contributed by atoms with Crippen molar-refractivity contribution in [1.82, 2.24) is 5.32 Å². The molecule has 0 heterocycles. The van der Waals surface area contributed by atoms with Crippen molar-refractivity contribution in [1.29, 1.82) is 0 Å². The molecule has 0 aromatic heterocycles. The third-order valence-electron chi connectivity index (χ3n) is 2.99. The second kappa shape index (κ2) is 6.80. The normalized spacial score (nSPS) is 11.8. The van der Waals surface area contributed by atoms with Gasteiger partial charge in [0.2, 0.25) is 0 Å². The van der Waals surface area contributed by atoms with Crippen LogP contribution in [-0.4, -0.2) is 17.4 Å². The maximum Gasteiger partial charge on any atom is 0.285 e. The summed E-state index contributed by atoms with van der Waals surface area (Å²) in [6, 6.07) is 1.70. The van der Waals surface area contributed by atoms with E-state index in [2.05, 4.69) is 10.7 Å². The second-order valence-electron chi connectivity index (χ2n) is 4.47. The van der Waals surface area contributed by atoms with Crippen molar-refractivity contribution in [2.24, 2.45) is 11.8 Å². The van der Waals surface area contributed by atoms with Gasteiger partial charge in [-0.05, 0) is 12.0 Å². The number of nitrogens with one attached hydrogen (secondary N) is 2. The molecular weight excluding hydrogens is 267 g/mol. The molecule has 110 valence electrons. The highest BCUT2D eigenvalue weighted by molar-refractivity contribution is 5.99. The Hall–Kier alpha value is -2.22. The Balaban J connectivity index is 3.08. The van der Waals surface area contributed by atoms with Crippen LogP contribution in [-0.2, 0) is 0 Å². The van der Waals surface area contributed by atoms with Gasteiger partial charge in [-0.25, -0.2) is 4.39 Å². The van der Waals surface area contributed by atoms with Crippen LogP contribution >= 0.6 is 0 Å². The number of nitrogens with two attached hydrogens (primary N) is 1. The molecule has 0 bridgehead atoms. The molecule has 1 atom stereocenters. The number of rotatable bonds is 6. The summed E-state index contributed by atoms with van der Waals surface area (Å²) in [5, 5.41) is 13.5. The van der Waals surface area contributed by atoms with E-state index in [9.17, 15) is 19.3 Å². The Bertz CT molecular complexity index is 522. The second-order valence-corrected chi connectivity index (χ2v) is 4.47. The summed E-state index contributed by atoms with van der Waals surface area (Å²) in [5.41, 5.74) is 1.06. The highest BCUT2D eigenvalue weighted by Gasteiger charge is 2.23. The Labute approximate surface area is 115 Å². The quantitative estimate of drug-likeness (QED) is 0.419. The fourth-order valence-electron chi connectivity index (χ4n) is 1.51. The van der Waals surface area contributed by atoms with E-state index in [1.54, 1.807) is 0 Å². The fraction of sp³-hybridized carbons (Fsp3) is 0.417. The van der Waals surface area contributed by atoms with Gasteiger partial charge in [0.1, 0.15) is 5.56 Å². The topological polar surface area (TPSA) is 110 Å². The predicted molar refractivity (Wildman–Crippen MR) is 72.7 cm³/mol. The van der Waals surface area contributed by atoms with Crippen LogP contribution in [0.1, 0.15) is 30.6 Å². The van der Waals surface area contributed by atoms with Gasteiger partial charge in [0.25, 0.3) is 11.6 Å². The molecule has 1 aromatic rings. The summed E-state index contributed by atoms with van der Waals surface area (Å²) in [6.45, 7) is 4.29. The number of nitro benzene ring substituents is 1. The van der Waals surface area contributed by atoms with E-state index in [0.29, 0.717) is 12.6 Å². The van der Waals surface area contributed by atoms with Gasteiger partial charge < -0.3 is 10.7 Å². The van der Waals surface area contributed by atoms with Crippen LogP contribution in [0.2, 0.25) is 0 Å². The molecule has 1 aromatic carbocycles. The standard InChI is InChI=1S/C12H17FN4O3/c1-3-7(2)6-15-12(18)8-4-10(16-14)9(13)5-11(8)17(19)20/h4-5,7,16H,3,6,14H2,1-2H3,(H,15,18). The molecule has 0 aliphatic heterocycles. The lowest BCUT2D eigenvalue weighted by Gasteiger charge is -2.11. The molecule has 20 heavy (non-hydrogen) atoms. The van der Waals surface area contributed by atoms with Gasteiger partial charge in [-0.1, -0.05) is 20.3 Å². The average molecular weight is 284 g/mol. The van der Waals surface area contributed by atoms with Gasteiger partial charge in [0.15, 0.2) is 5.82 Å². The van der Waals surface area contributed by atoms with Crippen LogP contribution in [0.4, 0.5) is 15.8 Å². The van der Waals surface area contributed by atoms with E-state index in [1.165, 1.54) is 0 Å². The summed E-state index contributed by atoms with van der Waals surface area (Å²) >= 11 is 0. The summed E-state index contributed by atoms with van der Waals surface area (Å²) in [7, 11) is 0. The minimum absolute atomic E-state index is 0.177. The molecule has 1 rings (SSSR count). The van der Waals surface area contributed by atoms with Crippen molar-refractivity contribution in [3.8, 4) is 0 Å². The van der Waals surface area contributed by atoms with E-state index in [-0.39, 0.29) is 17.2 Å². The molecule has 0 aliphatic rings. The number of hydrogen-bond acceptors (Lipinski definition) is 5. The third kappa shape index (κ3) is 3.64. The number of nitrogens with zero attached hydrogens (tertiary/aromatic N) is 1. The minimum atomic E-state index is -0.891. The first-order valence-electron chi connectivity index (χ1n) is 6.13. The van der Waals surface area contributed by atoms with Gasteiger partial charge in [0.05, 0.1) is 16.7 Å². The van der Waals surface area contributed by atoms with E-state index in [1.807, 2.05) is 13.8 Å². The fourth-order valence-corrected chi connectivity index (χ4v) is 1.51. The van der Waals surface area contributed by atoms with E-state index < -0.39 is 22.3 Å². The number of carbonyl (C=O) groups is 1. The lowest BCUT2D eigenvalue weighted by Crippen LogP contribution is -2.29. The highest BCUT2D eigenvalue weighted by Crippen LogP contribution is 2.25. The number of nitrogen functional groups attached to an aromatic ring is 1. The molecular formula is C12H17FN4O3. The zero-order valence-electron chi connectivity index (χ0n) is 11.3. The first kappa shape index (κ1) is 15.8. The van der Waals surface area contributed by atoms with E-state index >= 15 is 0 Å². The SMILES string of the molecule is CCC(C)CNC(=O)c1cc(NN)c(F)cc1[N+](=O)[O-]. The molecule has 8 heteroatoms.